The maximum absolute atomic E-state index is 12.8. The second-order valence-electron chi connectivity index (χ2n) is 5.40. The van der Waals surface area contributed by atoms with Crippen LogP contribution in [0.2, 0.25) is 5.02 Å². The summed E-state index contributed by atoms with van der Waals surface area (Å²) in [6, 6.07) is 4.99. The Labute approximate surface area is 121 Å². The first-order chi connectivity index (χ1) is 9.28. The van der Waals surface area contributed by atoms with Gasteiger partial charge in [-0.25, -0.2) is 0 Å². The molecule has 1 fully saturated rings. The van der Waals surface area contributed by atoms with Crippen LogP contribution in [0.15, 0.2) is 18.2 Å². The minimum atomic E-state index is -4.24. The molecule has 0 bridgehead atoms. The van der Waals surface area contributed by atoms with Gasteiger partial charge >= 0.3 is 6.18 Å². The molecule has 0 radical (unpaired) electrons. The van der Waals surface area contributed by atoms with Crippen molar-refractivity contribution < 1.29 is 13.2 Å². The van der Waals surface area contributed by atoms with Crippen molar-refractivity contribution in [1.82, 2.24) is 0 Å². The smallest absolute Gasteiger partial charge is 0.358 e. The molecule has 0 aliphatic heterocycles. The first-order valence-electron chi connectivity index (χ1n) is 6.64. The average Bonchev–Trinajstić information content (AvgIpc) is 3.08. The van der Waals surface area contributed by atoms with E-state index in [4.69, 9.17) is 17.3 Å². The van der Waals surface area contributed by atoms with Crippen molar-refractivity contribution >= 4 is 17.3 Å². The van der Waals surface area contributed by atoms with E-state index >= 15 is 0 Å². The predicted octanol–water partition coefficient (Wildman–Crippen LogP) is 3.76. The van der Waals surface area contributed by atoms with E-state index in [-0.39, 0.29) is 12.1 Å². The first-order valence-corrected chi connectivity index (χ1v) is 7.02. The summed E-state index contributed by atoms with van der Waals surface area (Å²) in [7, 11) is 0. The highest BCUT2D eigenvalue weighted by Crippen LogP contribution is 2.40. The van der Waals surface area contributed by atoms with E-state index < -0.39 is 12.7 Å². The lowest BCUT2D eigenvalue weighted by Gasteiger charge is -2.29. The summed E-state index contributed by atoms with van der Waals surface area (Å²) < 4.78 is 38.4. The lowest BCUT2D eigenvalue weighted by Crippen LogP contribution is -2.37. The minimum absolute atomic E-state index is 0.0663. The van der Waals surface area contributed by atoms with Crippen LogP contribution in [0.5, 0.6) is 0 Å². The van der Waals surface area contributed by atoms with E-state index in [1.165, 1.54) is 4.90 Å². The molecule has 1 saturated carbocycles. The third-order valence-corrected chi connectivity index (χ3v) is 3.54. The maximum Gasteiger partial charge on any atom is 0.405 e. The standard InChI is InChI=1S/C14H18ClF3N2/c1-9(19)7-10-3-2-4-12(15)13(10)20(11-5-6-11)8-14(16,17)18/h2-4,9,11H,5-8,19H2,1H3. The minimum Gasteiger partial charge on any atom is -0.358 e. The van der Waals surface area contributed by atoms with Gasteiger partial charge in [-0.05, 0) is 37.8 Å². The lowest BCUT2D eigenvalue weighted by molar-refractivity contribution is -0.120. The van der Waals surface area contributed by atoms with Crippen LogP contribution in [0.25, 0.3) is 0 Å². The van der Waals surface area contributed by atoms with Gasteiger partial charge in [-0.3, -0.25) is 0 Å². The summed E-state index contributed by atoms with van der Waals surface area (Å²) in [6.07, 6.45) is -2.18. The van der Waals surface area contributed by atoms with Crippen LogP contribution < -0.4 is 10.6 Å². The number of alkyl halides is 3. The van der Waals surface area contributed by atoms with Gasteiger partial charge in [0, 0.05) is 12.1 Å². The van der Waals surface area contributed by atoms with Crippen molar-refractivity contribution in [1.29, 1.82) is 0 Å². The number of benzene rings is 1. The Hall–Kier alpha value is -0.940. The number of nitrogens with two attached hydrogens (primary N) is 1. The van der Waals surface area contributed by atoms with E-state index in [1.807, 2.05) is 6.92 Å². The Bertz CT molecular complexity index is 470. The highest BCUT2D eigenvalue weighted by atomic mass is 35.5. The molecule has 112 valence electrons. The van der Waals surface area contributed by atoms with Gasteiger partial charge in [0.05, 0.1) is 10.7 Å². The van der Waals surface area contributed by atoms with Crippen molar-refractivity contribution in [3.05, 3.63) is 28.8 Å². The Morgan fingerprint density at radius 1 is 1.40 bits per heavy atom. The fourth-order valence-corrected chi connectivity index (χ4v) is 2.67. The van der Waals surface area contributed by atoms with Gasteiger partial charge in [0.2, 0.25) is 0 Å². The van der Waals surface area contributed by atoms with Gasteiger partial charge in [-0.1, -0.05) is 23.7 Å². The Balaban J connectivity index is 2.36. The SMILES string of the molecule is CC(N)Cc1cccc(Cl)c1N(CC(F)(F)F)C1CC1. The normalized spacial score (nSPS) is 17.1. The molecule has 1 aliphatic rings. The fourth-order valence-electron chi connectivity index (χ4n) is 2.36. The molecule has 1 aliphatic carbocycles. The van der Waals surface area contributed by atoms with Crippen molar-refractivity contribution in [3.63, 3.8) is 0 Å². The van der Waals surface area contributed by atoms with Crippen LogP contribution in [0.4, 0.5) is 18.9 Å². The molecular formula is C14H18ClF3N2. The largest absolute Gasteiger partial charge is 0.405 e. The Kier molecular flexibility index (Phi) is 4.49. The topological polar surface area (TPSA) is 29.3 Å². The number of halogens is 4. The zero-order valence-corrected chi connectivity index (χ0v) is 12.0. The molecule has 1 aromatic carbocycles. The number of hydrogen-bond donors (Lipinski definition) is 1. The van der Waals surface area contributed by atoms with Gasteiger partial charge in [0.25, 0.3) is 0 Å². The van der Waals surface area contributed by atoms with Crippen molar-refractivity contribution in [2.75, 3.05) is 11.4 Å². The molecule has 2 rings (SSSR count). The number of anilines is 1. The summed E-state index contributed by atoms with van der Waals surface area (Å²) in [5, 5.41) is 0.360. The van der Waals surface area contributed by atoms with Crippen molar-refractivity contribution in [2.45, 2.75) is 44.4 Å². The van der Waals surface area contributed by atoms with Crippen LogP contribution in [0, 0.1) is 0 Å². The van der Waals surface area contributed by atoms with Crippen LogP contribution in [-0.4, -0.2) is 24.8 Å². The van der Waals surface area contributed by atoms with Crippen LogP contribution in [0.1, 0.15) is 25.3 Å². The number of nitrogens with zero attached hydrogens (tertiary/aromatic N) is 1. The van der Waals surface area contributed by atoms with Crippen molar-refractivity contribution in [2.24, 2.45) is 5.73 Å². The molecule has 20 heavy (non-hydrogen) atoms. The number of hydrogen-bond acceptors (Lipinski definition) is 2. The lowest BCUT2D eigenvalue weighted by atomic mass is 10.0. The van der Waals surface area contributed by atoms with Gasteiger partial charge in [-0.2, -0.15) is 13.2 Å². The summed E-state index contributed by atoms with van der Waals surface area (Å²) in [6.45, 7) is 0.864. The van der Waals surface area contributed by atoms with Crippen LogP contribution in [0.3, 0.4) is 0 Å². The second-order valence-corrected chi connectivity index (χ2v) is 5.81. The van der Waals surface area contributed by atoms with E-state index in [1.54, 1.807) is 18.2 Å². The highest BCUT2D eigenvalue weighted by molar-refractivity contribution is 6.33. The quantitative estimate of drug-likeness (QED) is 0.897. The molecular weight excluding hydrogens is 289 g/mol. The number of rotatable bonds is 5. The fraction of sp³-hybridized carbons (Fsp3) is 0.571. The molecule has 6 heteroatoms. The third-order valence-electron chi connectivity index (χ3n) is 3.24. The molecule has 0 saturated heterocycles. The molecule has 1 unspecified atom stereocenters. The Morgan fingerprint density at radius 2 is 2.05 bits per heavy atom. The zero-order valence-electron chi connectivity index (χ0n) is 11.3. The maximum atomic E-state index is 12.8. The molecule has 0 aromatic heterocycles. The van der Waals surface area contributed by atoms with E-state index in [9.17, 15) is 13.2 Å². The molecule has 0 heterocycles. The first kappa shape index (κ1) is 15.4. The van der Waals surface area contributed by atoms with Crippen LogP contribution >= 0.6 is 11.6 Å². The number of para-hydroxylation sites is 1. The predicted molar refractivity (Wildman–Crippen MR) is 75.2 cm³/mol. The molecule has 2 N–H and O–H groups in total. The average molecular weight is 307 g/mol. The van der Waals surface area contributed by atoms with Gasteiger partial charge in [0.15, 0.2) is 0 Å². The summed E-state index contributed by atoms with van der Waals surface area (Å²) in [4.78, 5) is 1.39. The van der Waals surface area contributed by atoms with Gasteiger partial charge < -0.3 is 10.6 Å². The van der Waals surface area contributed by atoms with Gasteiger partial charge in [-0.15, -0.1) is 0 Å². The molecule has 1 aromatic rings. The summed E-state index contributed by atoms with van der Waals surface area (Å²) in [5.41, 5.74) is 7.05. The van der Waals surface area contributed by atoms with Gasteiger partial charge in [0.1, 0.15) is 6.54 Å². The van der Waals surface area contributed by atoms with Crippen molar-refractivity contribution in [3.8, 4) is 0 Å². The second kappa shape index (κ2) is 5.82. The Morgan fingerprint density at radius 3 is 2.55 bits per heavy atom. The molecule has 1 atom stereocenters. The zero-order chi connectivity index (χ0) is 14.9. The summed E-state index contributed by atoms with van der Waals surface area (Å²) >= 11 is 6.16. The van der Waals surface area contributed by atoms with E-state index in [0.717, 1.165) is 18.4 Å². The molecule has 0 amide bonds. The van der Waals surface area contributed by atoms with E-state index in [2.05, 4.69) is 0 Å². The van der Waals surface area contributed by atoms with Crippen LogP contribution in [-0.2, 0) is 6.42 Å². The monoisotopic (exact) mass is 306 g/mol. The molecule has 0 spiro atoms. The highest BCUT2D eigenvalue weighted by Gasteiger charge is 2.39. The third kappa shape index (κ3) is 4.03. The molecule has 2 nitrogen and oxygen atoms in total. The van der Waals surface area contributed by atoms with E-state index in [0.29, 0.717) is 17.1 Å². The summed E-state index contributed by atoms with van der Waals surface area (Å²) in [5.74, 6) is 0.